The third-order valence-electron chi connectivity index (χ3n) is 4.77. The van der Waals surface area contributed by atoms with Crippen LogP contribution < -0.4 is 15.9 Å². The minimum absolute atomic E-state index is 0.0799. The molecule has 0 amide bonds. The Balaban J connectivity index is 2.35. The highest BCUT2D eigenvalue weighted by atomic mass is 16.5. The minimum atomic E-state index is -0.780. The number of aliphatic hydroxyl groups is 1. The summed E-state index contributed by atoms with van der Waals surface area (Å²) in [5.41, 5.74) is 2.69. The summed E-state index contributed by atoms with van der Waals surface area (Å²) in [5, 5.41) is 11.9. The number of nitrogens with zero attached hydrogens (tertiary/aromatic N) is 2. The summed E-state index contributed by atoms with van der Waals surface area (Å²) >= 11 is 0. The van der Waals surface area contributed by atoms with Crippen LogP contribution in [0.5, 0.6) is 5.75 Å². The van der Waals surface area contributed by atoms with Crippen molar-refractivity contribution in [1.82, 2.24) is 9.13 Å². The van der Waals surface area contributed by atoms with E-state index in [-0.39, 0.29) is 24.3 Å². The molecule has 4 rings (SSSR count). The van der Waals surface area contributed by atoms with Crippen LogP contribution in [-0.4, -0.2) is 27.0 Å². The monoisotopic (exact) mass is 326 g/mol. The number of ether oxygens (including phenoxy) is 1. The van der Waals surface area contributed by atoms with Gasteiger partial charge in [-0.3, -0.25) is 9.59 Å². The van der Waals surface area contributed by atoms with Gasteiger partial charge in [-0.2, -0.15) is 0 Å². The fourth-order valence-corrected chi connectivity index (χ4v) is 3.52. The summed E-state index contributed by atoms with van der Waals surface area (Å²) in [6.07, 6.45) is -0.780. The number of pyridine rings is 2. The van der Waals surface area contributed by atoms with Crippen LogP contribution in [0.25, 0.3) is 21.8 Å². The number of fused-ring (bicyclic) bond motifs is 2. The van der Waals surface area contributed by atoms with Gasteiger partial charge in [-0.25, -0.2) is 0 Å². The molecule has 1 atom stereocenters. The molecule has 1 unspecified atom stereocenters. The molecule has 1 N–H and O–H groups in total. The highest BCUT2D eigenvalue weighted by molar-refractivity contribution is 6.04. The maximum Gasteiger partial charge on any atom is 0.251 e. The maximum absolute atomic E-state index is 12.5. The summed E-state index contributed by atoms with van der Waals surface area (Å²) in [7, 11) is 1.69. The first-order chi connectivity index (χ1) is 11.4. The Morgan fingerprint density at radius 2 is 1.67 bits per heavy atom. The molecule has 1 aliphatic heterocycles. The summed E-state index contributed by atoms with van der Waals surface area (Å²) < 4.78 is 8.95. The summed E-state index contributed by atoms with van der Waals surface area (Å²) in [5.74, 6) is 0.489. The molecule has 0 aliphatic carbocycles. The van der Waals surface area contributed by atoms with E-state index in [2.05, 4.69) is 0 Å². The zero-order valence-corrected chi connectivity index (χ0v) is 13.8. The molecule has 0 spiro atoms. The summed E-state index contributed by atoms with van der Waals surface area (Å²) in [6.45, 7) is 4.03. The molecule has 1 aromatic carbocycles. The third-order valence-corrected chi connectivity index (χ3v) is 4.77. The van der Waals surface area contributed by atoms with Crippen LogP contribution in [0.3, 0.4) is 0 Å². The molecule has 6 nitrogen and oxygen atoms in total. The van der Waals surface area contributed by atoms with Crippen molar-refractivity contribution in [1.29, 1.82) is 0 Å². The van der Waals surface area contributed by atoms with E-state index in [1.165, 1.54) is 4.57 Å². The van der Waals surface area contributed by atoms with Gasteiger partial charge < -0.3 is 19.0 Å². The lowest BCUT2D eigenvalue weighted by atomic mass is 10.0. The van der Waals surface area contributed by atoms with Gasteiger partial charge in [0.15, 0.2) is 5.75 Å². The number of aromatic nitrogens is 2. The van der Waals surface area contributed by atoms with Crippen molar-refractivity contribution < 1.29 is 9.84 Å². The molecule has 3 aromatic rings. The standard InChI is InChI=1S/C18H18N2O4/c1-9-4-14(22)19(3)16-12(9)6-13-10(2)5-15(23)20-7-11(21)8-24-18(16)17(13)20/h4-6,11,21H,7-8H2,1-3H3. The van der Waals surface area contributed by atoms with Gasteiger partial charge >= 0.3 is 0 Å². The zero-order chi connectivity index (χ0) is 17.2. The average molecular weight is 326 g/mol. The Kier molecular flexibility index (Phi) is 3.08. The van der Waals surface area contributed by atoms with E-state index in [1.807, 2.05) is 19.9 Å². The van der Waals surface area contributed by atoms with Crippen molar-refractivity contribution in [2.75, 3.05) is 6.61 Å². The number of hydrogen-bond donors (Lipinski definition) is 1. The smallest absolute Gasteiger partial charge is 0.251 e. The number of benzene rings is 1. The van der Waals surface area contributed by atoms with Crippen LogP contribution in [0, 0.1) is 13.8 Å². The van der Waals surface area contributed by atoms with E-state index in [4.69, 9.17) is 4.74 Å². The highest BCUT2D eigenvalue weighted by Crippen LogP contribution is 2.37. The highest BCUT2D eigenvalue weighted by Gasteiger charge is 2.23. The second kappa shape index (κ2) is 4.95. The third kappa shape index (κ3) is 1.93. The first-order valence-electron chi connectivity index (χ1n) is 7.87. The van der Waals surface area contributed by atoms with Crippen LogP contribution in [-0.2, 0) is 13.6 Å². The van der Waals surface area contributed by atoms with Gasteiger partial charge in [0.1, 0.15) is 12.7 Å². The molecule has 0 saturated carbocycles. The van der Waals surface area contributed by atoms with Crippen LogP contribution in [0.15, 0.2) is 27.8 Å². The van der Waals surface area contributed by atoms with E-state index in [1.54, 1.807) is 23.7 Å². The van der Waals surface area contributed by atoms with Crippen molar-refractivity contribution in [3.63, 3.8) is 0 Å². The van der Waals surface area contributed by atoms with Crippen molar-refractivity contribution >= 4 is 21.8 Å². The fourth-order valence-electron chi connectivity index (χ4n) is 3.52. The molecule has 24 heavy (non-hydrogen) atoms. The van der Waals surface area contributed by atoms with E-state index in [0.29, 0.717) is 16.8 Å². The minimum Gasteiger partial charge on any atom is -0.486 e. The summed E-state index contributed by atoms with van der Waals surface area (Å²) in [6, 6.07) is 5.17. The molecule has 2 aromatic heterocycles. The lowest BCUT2D eigenvalue weighted by molar-refractivity contribution is 0.0999. The molecular weight excluding hydrogens is 308 g/mol. The van der Waals surface area contributed by atoms with Gasteiger partial charge in [-0.15, -0.1) is 0 Å². The maximum atomic E-state index is 12.5. The lowest BCUT2D eigenvalue weighted by Crippen LogP contribution is -2.27. The van der Waals surface area contributed by atoms with Crippen molar-refractivity contribution in [3.05, 3.63) is 50.0 Å². The van der Waals surface area contributed by atoms with E-state index < -0.39 is 6.10 Å². The van der Waals surface area contributed by atoms with Crippen LogP contribution in [0.1, 0.15) is 11.1 Å². The van der Waals surface area contributed by atoms with E-state index in [9.17, 15) is 14.7 Å². The number of aryl methyl sites for hydroxylation is 3. The van der Waals surface area contributed by atoms with Crippen molar-refractivity contribution in [3.8, 4) is 5.75 Å². The SMILES string of the molecule is Cc1cc(=O)n(C)c2c3c4c(cc12)c(C)cc(=O)n4CC(O)CO3. The van der Waals surface area contributed by atoms with Crippen molar-refractivity contribution in [2.24, 2.45) is 7.05 Å². The molecule has 6 heteroatoms. The number of aliphatic hydroxyl groups excluding tert-OH is 1. The second-order valence-electron chi connectivity index (χ2n) is 6.46. The van der Waals surface area contributed by atoms with Gasteiger partial charge in [-0.05, 0) is 31.0 Å². The predicted octanol–water partition coefficient (Wildman–Crippen LogP) is 1.22. The molecule has 3 heterocycles. The first-order valence-corrected chi connectivity index (χ1v) is 7.87. The normalized spacial score (nSPS) is 17.1. The fraction of sp³-hybridized carbons (Fsp3) is 0.333. The van der Waals surface area contributed by atoms with E-state index in [0.717, 1.165) is 21.9 Å². The zero-order valence-electron chi connectivity index (χ0n) is 13.8. The second-order valence-corrected chi connectivity index (χ2v) is 6.46. The topological polar surface area (TPSA) is 73.5 Å². The van der Waals surface area contributed by atoms with Gasteiger partial charge in [0.2, 0.25) is 0 Å². The van der Waals surface area contributed by atoms with Gasteiger partial charge in [0.05, 0.1) is 17.6 Å². The molecule has 0 bridgehead atoms. The predicted molar refractivity (Wildman–Crippen MR) is 91.9 cm³/mol. The van der Waals surface area contributed by atoms with Gasteiger partial charge in [0.25, 0.3) is 11.1 Å². The molecule has 1 aliphatic rings. The number of rotatable bonds is 0. The van der Waals surface area contributed by atoms with Gasteiger partial charge in [0, 0.05) is 30.0 Å². The van der Waals surface area contributed by atoms with Gasteiger partial charge in [-0.1, -0.05) is 0 Å². The number of hydrogen-bond acceptors (Lipinski definition) is 4. The Morgan fingerprint density at radius 3 is 2.38 bits per heavy atom. The Labute approximate surface area is 137 Å². The lowest BCUT2D eigenvalue weighted by Gasteiger charge is -2.17. The Morgan fingerprint density at radius 1 is 1.04 bits per heavy atom. The molecule has 0 saturated heterocycles. The molecule has 0 radical (unpaired) electrons. The summed E-state index contributed by atoms with van der Waals surface area (Å²) in [4.78, 5) is 24.7. The van der Waals surface area contributed by atoms with Crippen LogP contribution in [0.4, 0.5) is 0 Å². The Bertz CT molecular complexity index is 1120. The first kappa shape index (κ1) is 15.0. The van der Waals surface area contributed by atoms with Crippen LogP contribution in [0.2, 0.25) is 0 Å². The largest absolute Gasteiger partial charge is 0.486 e. The van der Waals surface area contributed by atoms with Crippen molar-refractivity contribution in [2.45, 2.75) is 26.5 Å². The van der Waals surface area contributed by atoms with E-state index >= 15 is 0 Å². The average Bonchev–Trinajstić information content (AvgIpc) is 2.70. The van der Waals surface area contributed by atoms with Crippen LogP contribution >= 0.6 is 0 Å². The molecule has 124 valence electrons. The quantitative estimate of drug-likeness (QED) is 0.631. The Hall–Kier alpha value is -2.60. The molecular formula is C18H18N2O4. The molecule has 0 fully saturated rings.